The van der Waals surface area contributed by atoms with Crippen molar-refractivity contribution in [2.45, 2.75) is 25.8 Å². The first kappa shape index (κ1) is 13.8. The summed E-state index contributed by atoms with van der Waals surface area (Å²) in [6.45, 7) is 2.16. The third-order valence-corrected chi connectivity index (χ3v) is 2.55. The van der Waals surface area contributed by atoms with Gasteiger partial charge in [-0.1, -0.05) is 18.2 Å². The fraction of sp³-hybridized carbons (Fsp3) is 0.364. The van der Waals surface area contributed by atoms with Crippen LogP contribution in [0.15, 0.2) is 18.2 Å². The number of carbonyl (C=O) groups excluding carboxylic acids is 2. The van der Waals surface area contributed by atoms with Gasteiger partial charge in [-0.2, -0.15) is 9.59 Å². The predicted molar refractivity (Wildman–Crippen MR) is 58.7 cm³/mol. The first-order valence-corrected chi connectivity index (χ1v) is 4.54. The molecule has 0 fully saturated rings. The highest BCUT2D eigenvalue weighted by atomic mass is 35.5. The number of halogens is 1. The molecule has 4 heteroatoms. The lowest BCUT2D eigenvalue weighted by Gasteiger charge is -2.05. The van der Waals surface area contributed by atoms with Crippen LogP contribution in [-0.2, 0) is 16.0 Å². The Morgan fingerprint density at radius 1 is 1.40 bits per heavy atom. The van der Waals surface area contributed by atoms with E-state index in [9.17, 15) is 0 Å². The van der Waals surface area contributed by atoms with Crippen LogP contribution in [0.5, 0.6) is 0 Å². The van der Waals surface area contributed by atoms with Crippen molar-refractivity contribution < 1.29 is 9.59 Å². The first-order valence-electron chi connectivity index (χ1n) is 4.54. The average molecular weight is 228 g/mol. The smallest absolute Gasteiger partial charge is 0.324 e. The van der Waals surface area contributed by atoms with Crippen LogP contribution in [0.1, 0.15) is 29.2 Å². The molecule has 0 aliphatic heterocycles. The highest BCUT2D eigenvalue weighted by molar-refractivity contribution is 5.85. The lowest BCUT2D eigenvalue weighted by molar-refractivity contribution is -0.191. The molecule has 2 N–H and O–H groups in total. The zero-order valence-corrected chi connectivity index (χ0v) is 9.34. The zero-order valence-electron chi connectivity index (χ0n) is 8.53. The number of nitrogens with two attached hydrogens (primary N) is 1. The molecule has 2 rings (SSSR count). The van der Waals surface area contributed by atoms with Crippen molar-refractivity contribution in [3.05, 3.63) is 34.9 Å². The SMILES string of the molecule is Cc1cccc2c1CC[C@H]2N.Cl.O=C=O. The topological polar surface area (TPSA) is 60.2 Å². The van der Waals surface area contributed by atoms with Crippen LogP contribution < -0.4 is 5.73 Å². The number of benzene rings is 1. The van der Waals surface area contributed by atoms with E-state index in [1.807, 2.05) is 0 Å². The largest absolute Gasteiger partial charge is 0.373 e. The molecule has 1 aromatic carbocycles. The highest BCUT2D eigenvalue weighted by Gasteiger charge is 2.19. The molecule has 3 nitrogen and oxygen atoms in total. The Bertz CT molecular complexity index is 360. The molecule has 0 bridgehead atoms. The molecule has 1 aliphatic rings. The molecular weight excluding hydrogens is 214 g/mol. The summed E-state index contributed by atoms with van der Waals surface area (Å²) in [6, 6.07) is 6.71. The van der Waals surface area contributed by atoms with Crippen molar-refractivity contribution in [3.8, 4) is 0 Å². The summed E-state index contributed by atoms with van der Waals surface area (Å²) in [6.07, 6.45) is 2.54. The van der Waals surface area contributed by atoms with Crippen LogP contribution in [0.4, 0.5) is 0 Å². The zero-order chi connectivity index (χ0) is 10.6. The van der Waals surface area contributed by atoms with Gasteiger partial charge >= 0.3 is 6.15 Å². The van der Waals surface area contributed by atoms with E-state index in [0.29, 0.717) is 6.04 Å². The molecule has 0 aromatic heterocycles. The number of aryl methyl sites for hydroxylation is 1. The van der Waals surface area contributed by atoms with Gasteiger partial charge in [0.05, 0.1) is 0 Å². The van der Waals surface area contributed by atoms with Gasteiger partial charge in [0.25, 0.3) is 0 Å². The molecule has 1 aromatic rings. The average Bonchev–Trinajstić information content (AvgIpc) is 2.51. The van der Waals surface area contributed by atoms with E-state index in [2.05, 4.69) is 25.1 Å². The minimum absolute atomic E-state index is 0. The predicted octanol–water partition coefficient (Wildman–Crippen LogP) is 1.78. The molecule has 0 unspecified atom stereocenters. The number of hydrogen-bond donors (Lipinski definition) is 1. The van der Waals surface area contributed by atoms with Crippen molar-refractivity contribution in [1.82, 2.24) is 0 Å². The Kier molecular flexibility index (Phi) is 5.87. The minimum atomic E-state index is 0. The van der Waals surface area contributed by atoms with Crippen molar-refractivity contribution in [1.29, 1.82) is 0 Å². The summed E-state index contributed by atoms with van der Waals surface area (Å²) in [5.41, 5.74) is 10.2. The van der Waals surface area contributed by atoms with Crippen molar-refractivity contribution >= 4 is 18.6 Å². The molecule has 15 heavy (non-hydrogen) atoms. The van der Waals surface area contributed by atoms with Gasteiger partial charge in [0.1, 0.15) is 0 Å². The second-order valence-corrected chi connectivity index (χ2v) is 3.37. The van der Waals surface area contributed by atoms with E-state index in [1.54, 1.807) is 0 Å². The molecule has 0 radical (unpaired) electrons. The molecule has 0 spiro atoms. The lowest BCUT2D eigenvalue weighted by atomic mass is 10.0. The van der Waals surface area contributed by atoms with Gasteiger partial charge < -0.3 is 5.73 Å². The third-order valence-electron chi connectivity index (χ3n) is 2.55. The van der Waals surface area contributed by atoms with E-state index in [0.717, 1.165) is 6.42 Å². The fourth-order valence-corrected chi connectivity index (χ4v) is 1.87. The normalized spacial score (nSPS) is 16.5. The van der Waals surface area contributed by atoms with E-state index >= 15 is 0 Å². The van der Waals surface area contributed by atoms with Crippen LogP contribution >= 0.6 is 12.4 Å². The fourth-order valence-electron chi connectivity index (χ4n) is 1.87. The third kappa shape index (κ3) is 3.17. The Balaban J connectivity index is 0.000000443. The molecule has 1 atom stereocenters. The van der Waals surface area contributed by atoms with Gasteiger partial charge in [-0.3, -0.25) is 0 Å². The molecule has 0 amide bonds. The second-order valence-electron chi connectivity index (χ2n) is 3.37. The van der Waals surface area contributed by atoms with Gasteiger partial charge in [-0.25, -0.2) is 0 Å². The maximum absolute atomic E-state index is 8.12. The first-order chi connectivity index (χ1) is 6.70. The number of fused-ring (bicyclic) bond motifs is 1. The molecule has 82 valence electrons. The Morgan fingerprint density at radius 2 is 2.00 bits per heavy atom. The van der Waals surface area contributed by atoms with Gasteiger partial charge in [0, 0.05) is 6.04 Å². The van der Waals surface area contributed by atoms with Crippen LogP contribution in [0, 0.1) is 6.92 Å². The summed E-state index contributed by atoms with van der Waals surface area (Å²) in [5, 5.41) is 0. The summed E-state index contributed by atoms with van der Waals surface area (Å²) in [7, 11) is 0. The maximum atomic E-state index is 8.12. The van der Waals surface area contributed by atoms with Crippen LogP contribution in [0.2, 0.25) is 0 Å². The van der Waals surface area contributed by atoms with E-state index in [1.165, 1.54) is 23.1 Å². The van der Waals surface area contributed by atoms with Gasteiger partial charge in [0.2, 0.25) is 0 Å². The van der Waals surface area contributed by atoms with Gasteiger partial charge in [0.15, 0.2) is 0 Å². The Labute approximate surface area is 95.1 Å². The van der Waals surface area contributed by atoms with E-state index in [-0.39, 0.29) is 18.6 Å². The lowest BCUT2D eigenvalue weighted by Crippen LogP contribution is -2.04. The van der Waals surface area contributed by atoms with Crippen LogP contribution in [-0.4, -0.2) is 6.15 Å². The molecule has 0 saturated heterocycles. The van der Waals surface area contributed by atoms with Gasteiger partial charge in [-0.15, -0.1) is 12.4 Å². The molecular formula is C11H14ClNO2. The standard InChI is InChI=1S/C10H13N.CO2.ClH/c1-7-3-2-4-9-8(7)5-6-10(9)11;2-1-3;/h2-4,10H,5-6,11H2,1H3;;1H/t10-;;/m1../s1. The van der Waals surface area contributed by atoms with Gasteiger partial charge in [-0.05, 0) is 36.5 Å². The second kappa shape index (κ2) is 6.36. The van der Waals surface area contributed by atoms with Crippen LogP contribution in [0.3, 0.4) is 0 Å². The monoisotopic (exact) mass is 227 g/mol. The summed E-state index contributed by atoms with van der Waals surface area (Å²) in [5.74, 6) is 0. The number of rotatable bonds is 0. The summed E-state index contributed by atoms with van der Waals surface area (Å²) < 4.78 is 0. The Morgan fingerprint density at radius 3 is 2.53 bits per heavy atom. The van der Waals surface area contributed by atoms with Crippen LogP contribution in [0.25, 0.3) is 0 Å². The molecule has 1 aliphatic carbocycles. The molecule has 0 saturated carbocycles. The van der Waals surface area contributed by atoms with Crippen molar-refractivity contribution in [2.75, 3.05) is 0 Å². The minimum Gasteiger partial charge on any atom is -0.324 e. The van der Waals surface area contributed by atoms with E-state index < -0.39 is 0 Å². The number of hydrogen-bond acceptors (Lipinski definition) is 3. The Hall–Kier alpha value is -1.15. The van der Waals surface area contributed by atoms with Crippen molar-refractivity contribution in [2.24, 2.45) is 5.73 Å². The quantitative estimate of drug-likeness (QED) is 0.735. The van der Waals surface area contributed by atoms with Crippen molar-refractivity contribution in [3.63, 3.8) is 0 Å². The van der Waals surface area contributed by atoms with E-state index in [4.69, 9.17) is 15.3 Å². The summed E-state index contributed by atoms with van der Waals surface area (Å²) >= 11 is 0. The molecule has 0 heterocycles. The maximum Gasteiger partial charge on any atom is 0.373 e. The highest BCUT2D eigenvalue weighted by Crippen LogP contribution is 2.30. The summed E-state index contributed by atoms with van der Waals surface area (Å²) in [4.78, 5) is 16.2.